The maximum absolute atomic E-state index is 12.4. The van der Waals surface area contributed by atoms with Crippen LogP contribution in [-0.2, 0) is 6.54 Å². The van der Waals surface area contributed by atoms with Gasteiger partial charge in [-0.05, 0) is 41.5 Å². The number of aryl methyl sites for hydroxylation is 2. The number of hydrogen-bond acceptors (Lipinski definition) is 4. The summed E-state index contributed by atoms with van der Waals surface area (Å²) in [5, 5.41) is 10.3. The second-order valence-electron chi connectivity index (χ2n) is 4.30. The van der Waals surface area contributed by atoms with Gasteiger partial charge in [-0.15, -0.1) is 5.10 Å². The van der Waals surface area contributed by atoms with Gasteiger partial charge in [-0.1, -0.05) is 6.07 Å². The smallest absolute Gasteiger partial charge is 0.398 e. The van der Waals surface area contributed by atoms with E-state index >= 15 is 0 Å². The van der Waals surface area contributed by atoms with Gasteiger partial charge in [0, 0.05) is 11.3 Å². The normalized spacial score (nSPS) is 11.8. The maximum atomic E-state index is 12.4. The number of nitrogens with two attached hydrogens (primary N) is 1. The Bertz CT molecular complexity index is 603. The summed E-state index contributed by atoms with van der Waals surface area (Å²) in [5.74, 6) is 0.0570. The first-order valence-corrected chi connectivity index (χ1v) is 5.48. The van der Waals surface area contributed by atoms with Crippen LogP contribution in [-0.4, -0.2) is 26.4 Å². The summed E-state index contributed by atoms with van der Waals surface area (Å²) in [6, 6.07) is 3.38. The van der Waals surface area contributed by atoms with Gasteiger partial charge in [-0.25, -0.2) is 4.68 Å². The molecular formula is C11H12F3N5. The predicted molar refractivity (Wildman–Crippen MR) is 63.2 cm³/mol. The summed E-state index contributed by atoms with van der Waals surface area (Å²) in [5.41, 5.74) is 8.38. The first-order valence-electron chi connectivity index (χ1n) is 5.48. The van der Waals surface area contributed by atoms with Crippen LogP contribution < -0.4 is 5.73 Å². The van der Waals surface area contributed by atoms with E-state index in [9.17, 15) is 13.2 Å². The SMILES string of the molecule is Cc1cc(C)c(-c2nnnn2CC(F)(F)F)cc1N. The molecule has 0 amide bonds. The van der Waals surface area contributed by atoms with Crippen LogP contribution in [0.3, 0.4) is 0 Å². The van der Waals surface area contributed by atoms with E-state index in [1.54, 1.807) is 19.1 Å². The third-order valence-electron chi connectivity index (χ3n) is 2.71. The van der Waals surface area contributed by atoms with Crippen LogP contribution in [0.1, 0.15) is 11.1 Å². The van der Waals surface area contributed by atoms with Crippen LogP contribution in [0, 0.1) is 13.8 Å². The highest BCUT2D eigenvalue weighted by Gasteiger charge is 2.30. The molecule has 2 rings (SSSR count). The van der Waals surface area contributed by atoms with Gasteiger partial charge in [0.2, 0.25) is 0 Å². The monoisotopic (exact) mass is 271 g/mol. The van der Waals surface area contributed by atoms with E-state index in [0.29, 0.717) is 11.3 Å². The zero-order valence-electron chi connectivity index (χ0n) is 10.4. The second kappa shape index (κ2) is 4.52. The Kier molecular flexibility index (Phi) is 3.17. The Morgan fingerprint density at radius 1 is 1.21 bits per heavy atom. The third kappa shape index (κ3) is 2.83. The zero-order valence-corrected chi connectivity index (χ0v) is 10.4. The molecule has 1 aromatic heterocycles. The summed E-state index contributed by atoms with van der Waals surface area (Å²) < 4.78 is 38.0. The van der Waals surface area contributed by atoms with Gasteiger partial charge >= 0.3 is 6.18 Å². The number of nitrogens with zero attached hydrogens (tertiary/aromatic N) is 4. The van der Waals surface area contributed by atoms with Crippen molar-refractivity contribution in [2.75, 3.05) is 5.73 Å². The number of benzene rings is 1. The van der Waals surface area contributed by atoms with Crippen LogP contribution in [0.25, 0.3) is 11.4 Å². The fourth-order valence-corrected chi connectivity index (χ4v) is 1.78. The first-order chi connectivity index (χ1) is 8.78. The average molecular weight is 271 g/mol. The zero-order chi connectivity index (χ0) is 14.2. The lowest BCUT2D eigenvalue weighted by Gasteiger charge is -2.11. The van der Waals surface area contributed by atoms with E-state index in [0.717, 1.165) is 15.8 Å². The van der Waals surface area contributed by atoms with Crippen molar-refractivity contribution in [2.45, 2.75) is 26.6 Å². The van der Waals surface area contributed by atoms with Crippen LogP contribution in [0.4, 0.5) is 18.9 Å². The second-order valence-corrected chi connectivity index (χ2v) is 4.30. The molecule has 0 fully saturated rings. The van der Waals surface area contributed by atoms with Gasteiger partial charge in [-0.2, -0.15) is 13.2 Å². The highest BCUT2D eigenvalue weighted by Crippen LogP contribution is 2.27. The molecular weight excluding hydrogens is 259 g/mol. The minimum Gasteiger partial charge on any atom is -0.398 e. The van der Waals surface area contributed by atoms with Crippen molar-refractivity contribution in [1.29, 1.82) is 0 Å². The maximum Gasteiger partial charge on any atom is 0.408 e. The van der Waals surface area contributed by atoms with E-state index < -0.39 is 12.7 Å². The number of alkyl halides is 3. The molecule has 0 unspecified atom stereocenters. The number of anilines is 1. The molecule has 0 saturated heterocycles. The minimum atomic E-state index is -4.38. The van der Waals surface area contributed by atoms with Crippen LogP contribution >= 0.6 is 0 Å². The molecule has 8 heteroatoms. The molecule has 0 bridgehead atoms. The van der Waals surface area contributed by atoms with Crippen LogP contribution in [0.15, 0.2) is 12.1 Å². The van der Waals surface area contributed by atoms with Crippen LogP contribution in [0.2, 0.25) is 0 Å². The van der Waals surface area contributed by atoms with Gasteiger partial charge in [0.15, 0.2) is 5.82 Å². The Labute approximate surface area is 107 Å². The number of nitrogen functional groups attached to an aromatic ring is 1. The Morgan fingerprint density at radius 3 is 2.53 bits per heavy atom. The molecule has 0 saturated carbocycles. The van der Waals surface area contributed by atoms with Gasteiger partial charge in [0.05, 0.1) is 0 Å². The van der Waals surface area contributed by atoms with Crippen molar-refractivity contribution in [3.8, 4) is 11.4 Å². The molecule has 0 aliphatic carbocycles. The van der Waals surface area contributed by atoms with Crippen molar-refractivity contribution in [3.05, 3.63) is 23.3 Å². The third-order valence-corrected chi connectivity index (χ3v) is 2.71. The molecule has 0 radical (unpaired) electrons. The van der Waals surface area contributed by atoms with Gasteiger partial charge in [0.1, 0.15) is 6.54 Å². The van der Waals surface area contributed by atoms with Crippen molar-refractivity contribution in [2.24, 2.45) is 0 Å². The first kappa shape index (κ1) is 13.3. The Balaban J connectivity index is 2.49. The molecule has 1 aromatic carbocycles. The summed E-state index contributed by atoms with van der Waals surface area (Å²) in [6.45, 7) is 2.36. The van der Waals surface area contributed by atoms with E-state index in [-0.39, 0.29) is 5.82 Å². The minimum absolute atomic E-state index is 0.0570. The molecule has 2 N–H and O–H groups in total. The predicted octanol–water partition coefficient (Wildman–Crippen LogP) is 2.10. The topological polar surface area (TPSA) is 69.6 Å². The van der Waals surface area contributed by atoms with Crippen molar-refractivity contribution in [3.63, 3.8) is 0 Å². The molecule has 0 atom stereocenters. The van der Waals surface area contributed by atoms with Crippen molar-refractivity contribution >= 4 is 5.69 Å². The van der Waals surface area contributed by atoms with Crippen molar-refractivity contribution < 1.29 is 13.2 Å². The lowest BCUT2D eigenvalue weighted by molar-refractivity contribution is -0.142. The lowest BCUT2D eigenvalue weighted by atomic mass is 10.0. The van der Waals surface area contributed by atoms with E-state index in [1.165, 1.54) is 0 Å². The average Bonchev–Trinajstić information content (AvgIpc) is 2.69. The summed E-state index contributed by atoms with van der Waals surface area (Å²) in [4.78, 5) is 0. The largest absolute Gasteiger partial charge is 0.408 e. The lowest BCUT2D eigenvalue weighted by Crippen LogP contribution is -2.19. The van der Waals surface area contributed by atoms with E-state index in [4.69, 9.17) is 5.73 Å². The van der Waals surface area contributed by atoms with Crippen LogP contribution in [0.5, 0.6) is 0 Å². The molecule has 19 heavy (non-hydrogen) atoms. The summed E-state index contributed by atoms with van der Waals surface area (Å²) in [7, 11) is 0. The van der Waals surface area contributed by atoms with E-state index in [1.807, 2.05) is 6.92 Å². The quantitative estimate of drug-likeness (QED) is 0.849. The summed E-state index contributed by atoms with van der Waals surface area (Å²) >= 11 is 0. The summed E-state index contributed by atoms with van der Waals surface area (Å²) in [6.07, 6.45) is -4.38. The highest BCUT2D eigenvalue weighted by molar-refractivity contribution is 5.67. The van der Waals surface area contributed by atoms with Gasteiger partial charge < -0.3 is 5.73 Å². The Morgan fingerprint density at radius 2 is 1.89 bits per heavy atom. The fourth-order valence-electron chi connectivity index (χ4n) is 1.78. The number of tetrazole rings is 1. The number of aromatic nitrogens is 4. The molecule has 2 aromatic rings. The number of rotatable bonds is 2. The molecule has 1 heterocycles. The van der Waals surface area contributed by atoms with E-state index in [2.05, 4.69) is 15.5 Å². The standard InChI is InChI=1S/C11H12F3N5/c1-6-3-7(2)9(15)4-8(6)10-16-17-18-19(10)5-11(12,13)14/h3-4H,5,15H2,1-2H3. The van der Waals surface area contributed by atoms with Crippen molar-refractivity contribution in [1.82, 2.24) is 20.2 Å². The number of halogens is 3. The fraction of sp³-hybridized carbons (Fsp3) is 0.364. The molecule has 102 valence electrons. The highest BCUT2D eigenvalue weighted by atomic mass is 19.4. The molecule has 0 spiro atoms. The van der Waals surface area contributed by atoms with Gasteiger partial charge in [0.25, 0.3) is 0 Å². The molecule has 5 nitrogen and oxygen atoms in total. The Hall–Kier alpha value is -2.12. The number of hydrogen-bond donors (Lipinski definition) is 1. The van der Waals surface area contributed by atoms with Gasteiger partial charge in [-0.3, -0.25) is 0 Å². The molecule has 0 aliphatic rings. The molecule has 0 aliphatic heterocycles.